The van der Waals surface area contributed by atoms with Gasteiger partial charge in [-0.3, -0.25) is 4.99 Å². The summed E-state index contributed by atoms with van der Waals surface area (Å²) in [5, 5.41) is 4.07. The highest BCUT2D eigenvalue weighted by Gasteiger charge is 2.35. The minimum absolute atomic E-state index is 0.669. The molecule has 0 aromatic carbocycles. The number of fused-ring (bicyclic) bond motifs is 1. The predicted octanol–water partition coefficient (Wildman–Crippen LogP) is 3.10. The van der Waals surface area contributed by atoms with Crippen molar-refractivity contribution in [1.82, 2.24) is 9.71 Å². The highest BCUT2D eigenvalue weighted by atomic mass is 32.2. The Balaban J connectivity index is 1.43. The third kappa shape index (κ3) is 3.66. The van der Waals surface area contributed by atoms with Gasteiger partial charge in [-0.15, -0.1) is 0 Å². The monoisotopic (exact) mass is 320 g/mol. The number of pyridine rings is 1. The second kappa shape index (κ2) is 7.72. The van der Waals surface area contributed by atoms with Crippen molar-refractivity contribution in [2.75, 3.05) is 25.5 Å². The molecule has 0 spiro atoms. The first-order valence-electron chi connectivity index (χ1n) is 8.07. The first-order valence-corrected chi connectivity index (χ1v) is 8.95. The minimum Gasteiger partial charge on any atom is -0.493 e. The van der Waals surface area contributed by atoms with Crippen LogP contribution in [0.3, 0.4) is 0 Å². The van der Waals surface area contributed by atoms with E-state index in [9.17, 15) is 0 Å². The van der Waals surface area contributed by atoms with E-state index in [-0.39, 0.29) is 0 Å². The summed E-state index contributed by atoms with van der Waals surface area (Å²) >= 11 is 1.88. The molecule has 1 aliphatic heterocycles. The lowest BCUT2D eigenvalue weighted by atomic mass is 9.88. The average molecular weight is 320 g/mol. The lowest BCUT2D eigenvalue weighted by Crippen LogP contribution is -2.25. The summed E-state index contributed by atoms with van der Waals surface area (Å²) in [6.45, 7) is 1.71. The Morgan fingerprint density at radius 2 is 2.36 bits per heavy atom. The fourth-order valence-corrected chi connectivity index (χ4v) is 4.29. The third-order valence-corrected chi connectivity index (χ3v) is 5.46. The van der Waals surface area contributed by atoms with Gasteiger partial charge in [0, 0.05) is 30.5 Å². The van der Waals surface area contributed by atoms with Gasteiger partial charge in [0.2, 0.25) is 0 Å². The molecule has 2 heterocycles. The predicted molar refractivity (Wildman–Crippen MR) is 92.7 cm³/mol. The van der Waals surface area contributed by atoms with Crippen molar-refractivity contribution in [1.29, 1.82) is 0 Å². The van der Waals surface area contributed by atoms with Crippen LogP contribution in [0.15, 0.2) is 23.3 Å². The van der Waals surface area contributed by atoms with Gasteiger partial charge in [-0.25, -0.2) is 4.98 Å². The fraction of sp³-hybridized carbons (Fsp3) is 0.625. The summed E-state index contributed by atoms with van der Waals surface area (Å²) in [5.74, 6) is 3.49. The molecule has 2 atom stereocenters. The van der Waals surface area contributed by atoms with E-state index < -0.39 is 0 Å². The zero-order valence-corrected chi connectivity index (χ0v) is 13.9. The summed E-state index contributed by atoms with van der Waals surface area (Å²) in [7, 11) is 1.66. The Bertz CT molecular complexity index is 523. The smallest absolute Gasteiger partial charge is 0.168 e. The zero-order valence-electron chi connectivity index (χ0n) is 13.0. The fourth-order valence-electron chi connectivity index (χ4n) is 3.09. The summed E-state index contributed by atoms with van der Waals surface area (Å²) in [6.07, 6.45) is 8.12. The van der Waals surface area contributed by atoms with Crippen molar-refractivity contribution >= 4 is 23.6 Å². The van der Waals surface area contributed by atoms with Crippen molar-refractivity contribution < 1.29 is 4.74 Å². The van der Waals surface area contributed by atoms with Gasteiger partial charge in [0.15, 0.2) is 11.6 Å². The number of methoxy groups -OCH3 is 1. The lowest BCUT2D eigenvalue weighted by molar-refractivity contribution is 0.415. The number of nitrogens with one attached hydrogen (secondary N) is 2. The summed E-state index contributed by atoms with van der Waals surface area (Å²) in [6, 6.07) is 3.79. The lowest BCUT2D eigenvalue weighted by Gasteiger charge is -2.22. The van der Waals surface area contributed by atoms with Crippen molar-refractivity contribution in [3.63, 3.8) is 0 Å². The number of rotatable bonds is 6. The molecule has 1 saturated heterocycles. The molecular formula is C16H24N4OS. The number of hydrogen-bond donors (Lipinski definition) is 2. The van der Waals surface area contributed by atoms with Gasteiger partial charge in [0.1, 0.15) is 5.84 Å². The molecule has 2 aliphatic rings. The van der Waals surface area contributed by atoms with Crippen LogP contribution in [0, 0.1) is 5.92 Å². The van der Waals surface area contributed by atoms with Gasteiger partial charge in [0.05, 0.1) is 7.11 Å². The molecule has 2 N–H and O–H groups in total. The van der Waals surface area contributed by atoms with Crippen molar-refractivity contribution in [2.45, 2.75) is 37.4 Å². The van der Waals surface area contributed by atoms with E-state index >= 15 is 0 Å². The molecule has 1 saturated carbocycles. The molecule has 0 radical (unpaired) electrons. The summed E-state index contributed by atoms with van der Waals surface area (Å²) in [5.41, 5.74) is 0. The largest absolute Gasteiger partial charge is 0.493 e. The van der Waals surface area contributed by atoms with Crippen LogP contribution in [0.2, 0.25) is 0 Å². The molecule has 3 rings (SSSR count). The van der Waals surface area contributed by atoms with Crippen molar-refractivity contribution in [2.24, 2.45) is 10.9 Å². The Kier molecular flexibility index (Phi) is 5.43. The molecule has 5 nitrogen and oxygen atoms in total. The summed E-state index contributed by atoms with van der Waals surface area (Å²) in [4.78, 5) is 9.07. The molecule has 1 unspecified atom stereocenters. The minimum atomic E-state index is 0.669. The van der Waals surface area contributed by atoms with Crippen LogP contribution < -0.4 is 14.8 Å². The standard InChI is InChI=1S/C16H24N4OS/c1-21-13-7-4-9-18-16(13)19-11-5-10-17-15-12-6-2-3-8-14(12)22-20-15/h4,7,9,12,14H,2-3,5-6,8,10-11H2,1H3,(H,17,20)(H,18,19)/t12?,14-/m0/s1. The summed E-state index contributed by atoms with van der Waals surface area (Å²) < 4.78 is 8.72. The van der Waals surface area contributed by atoms with E-state index in [0.29, 0.717) is 5.92 Å². The first-order chi connectivity index (χ1) is 10.9. The number of hydrogen-bond acceptors (Lipinski definition) is 5. The number of nitrogens with zero attached hydrogens (tertiary/aromatic N) is 2. The second-order valence-electron chi connectivity index (χ2n) is 5.75. The van der Waals surface area contributed by atoms with Crippen LogP contribution in [0.4, 0.5) is 5.82 Å². The highest BCUT2D eigenvalue weighted by molar-refractivity contribution is 7.99. The van der Waals surface area contributed by atoms with E-state index in [0.717, 1.165) is 36.3 Å². The van der Waals surface area contributed by atoms with Gasteiger partial charge in [0.25, 0.3) is 0 Å². The maximum Gasteiger partial charge on any atom is 0.168 e. The van der Waals surface area contributed by atoms with Gasteiger partial charge in [-0.1, -0.05) is 12.8 Å². The van der Waals surface area contributed by atoms with Crippen LogP contribution in [-0.2, 0) is 0 Å². The molecule has 1 aliphatic carbocycles. The van der Waals surface area contributed by atoms with Crippen LogP contribution in [0.25, 0.3) is 0 Å². The molecule has 22 heavy (non-hydrogen) atoms. The molecule has 2 fully saturated rings. The van der Waals surface area contributed by atoms with Gasteiger partial charge in [-0.05, 0) is 43.3 Å². The molecular weight excluding hydrogens is 296 g/mol. The number of amidine groups is 1. The van der Waals surface area contributed by atoms with E-state index in [4.69, 9.17) is 9.73 Å². The van der Waals surface area contributed by atoms with Crippen LogP contribution in [-0.4, -0.2) is 36.3 Å². The van der Waals surface area contributed by atoms with Gasteiger partial charge < -0.3 is 14.8 Å². The number of anilines is 1. The van der Waals surface area contributed by atoms with E-state index in [1.54, 1.807) is 13.3 Å². The molecule has 120 valence electrons. The number of aromatic nitrogens is 1. The van der Waals surface area contributed by atoms with Crippen LogP contribution in [0.1, 0.15) is 32.1 Å². The van der Waals surface area contributed by atoms with E-state index in [2.05, 4.69) is 15.0 Å². The van der Waals surface area contributed by atoms with Crippen molar-refractivity contribution in [3.05, 3.63) is 18.3 Å². The molecule has 1 aromatic rings. The molecule has 0 amide bonds. The maximum atomic E-state index is 5.28. The Morgan fingerprint density at radius 1 is 1.45 bits per heavy atom. The molecule has 0 bridgehead atoms. The number of ether oxygens (including phenoxy) is 1. The maximum absolute atomic E-state index is 5.28. The normalized spacial score (nSPS) is 25.6. The quantitative estimate of drug-likeness (QED) is 0.623. The topological polar surface area (TPSA) is 58.5 Å². The van der Waals surface area contributed by atoms with Crippen LogP contribution in [0.5, 0.6) is 5.75 Å². The first kappa shape index (κ1) is 15.5. The Hall–Kier alpha value is -1.43. The zero-order chi connectivity index (χ0) is 15.2. The molecule has 1 aromatic heterocycles. The van der Waals surface area contributed by atoms with Gasteiger partial charge >= 0.3 is 0 Å². The van der Waals surface area contributed by atoms with Gasteiger partial charge in [-0.2, -0.15) is 0 Å². The van der Waals surface area contributed by atoms with E-state index in [1.165, 1.54) is 31.5 Å². The third-order valence-electron chi connectivity index (χ3n) is 4.27. The average Bonchev–Trinajstić information content (AvgIpc) is 2.98. The SMILES string of the molecule is COc1cccnc1NCCCN=C1NS[C@H]2CCCCC12. The highest BCUT2D eigenvalue weighted by Crippen LogP contribution is 2.37. The molecule has 6 heteroatoms. The number of aliphatic imine (C=N–C) groups is 1. The Morgan fingerprint density at radius 3 is 3.27 bits per heavy atom. The van der Waals surface area contributed by atoms with Crippen LogP contribution >= 0.6 is 11.9 Å². The van der Waals surface area contributed by atoms with Crippen molar-refractivity contribution in [3.8, 4) is 5.75 Å². The Labute approximate surface area is 136 Å². The van der Waals surface area contributed by atoms with E-state index in [1.807, 2.05) is 24.1 Å². The second-order valence-corrected chi connectivity index (χ2v) is 6.80.